The molecule has 3 heteroatoms. The lowest BCUT2D eigenvalue weighted by Crippen LogP contribution is -2.29. The van der Waals surface area contributed by atoms with Crippen LogP contribution >= 0.6 is 0 Å². The summed E-state index contributed by atoms with van der Waals surface area (Å²) in [5.41, 5.74) is 0. The van der Waals surface area contributed by atoms with Crippen LogP contribution in [0.2, 0.25) is 19.1 Å². The molecule has 0 aromatic heterocycles. The third kappa shape index (κ3) is 10.6. The second-order valence-corrected chi connectivity index (χ2v) is 9.97. The van der Waals surface area contributed by atoms with Crippen LogP contribution in [0.25, 0.3) is 0 Å². The fourth-order valence-corrected chi connectivity index (χ4v) is 4.27. The molecule has 0 heterocycles. The number of rotatable bonds is 10. The number of hydrogen-bond acceptors (Lipinski definition) is 2. The third-order valence-corrected chi connectivity index (χ3v) is 5.41. The van der Waals surface area contributed by atoms with Crippen LogP contribution in [0.1, 0.15) is 59.3 Å². The Hall–Kier alpha value is -0.573. The van der Waals surface area contributed by atoms with Gasteiger partial charge in [0, 0.05) is 6.08 Å². The average molecular weight is 270 g/mol. The average Bonchev–Trinajstić information content (AvgIpc) is 2.20. The van der Waals surface area contributed by atoms with Crippen molar-refractivity contribution >= 4 is 14.1 Å². The highest BCUT2D eigenvalue weighted by Crippen LogP contribution is 2.20. The standard InChI is InChI=1S/C15H30O2Si/c1-6-7-8-9-10-11-12-18(4,5)17-15(3)13-14(2)16/h13H,6-12H2,1-5H3/b15-13-. The summed E-state index contributed by atoms with van der Waals surface area (Å²) in [6.07, 6.45) is 9.54. The number of carbonyl (C=O) groups is 1. The molecule has 0 aliphatic rings. The fourth-order valence-electron chi connectivity index (χ4n) is 2.13. The quantitative estimate of drug-likeness (QED) is 0.240. The molecule has 0 fully saturated rings. The topological polar surface area (TPSA) is 26.3 Å². The van der Waals surface area contributed by atoms with Crippen molar-refractivity contribution in [3.05, 3.63) is 11.8 Å². The van der Waals surface area contributed by atoms with Gasteiger partial charge in [0.25, 0.3) is 0 Å². The maximum Gasteiger partial charge on any atom is 0.244 e. The van der Waals surface area contributed by atoms with Crippen LogP contribution in [-0.4, -0.2) is 14.1 Å². The molecule has 18 heavy (non-hydrogen) atoms. The van der Waals surface area contributed by atoms with Crippen molar-refractivity contribution < 1.29 is 9.22 Å². The Balaban J connectivity index is 3.83. The molecule has 0 rings (SSSR count). The molecular weight excluding hydrogens is 240 g/mol. The van der Waals surface area contributed by atoms with E-state index in [0.717, 1.165) is 5.76 Å². The monoisotopic (exact) mass is 270 g/mol. The zero-order chi connectivity index (χ0) is 14.0. The van der Waals surface area contributed by atoms with Crippen molar-refractivity contribution in [2.24, 2.45) is 0 Å². The van der Waals surface area contributed by atoms with Crippen LogP contribution < -0.4 is 0 Å². The molecule has 0 saturated heterocycles. The van der Waals surface area contributed by atoms with E-state index >= 15 is 0 Å². The smallest absolute Gasteiger partial charge is 0.244 e. The highest BCUT2D eigenvalue weighted by atomic mass is 28.4. The van der Waals surface area contributed by atoms with Crippen LogP contribution in [0.5, 0.6) is 0 Å². The molecule has 0 aliphatic carbocycles. The van der Waals surface area contributed by atoms with Gasteiger partial charge in [-0.1, -0.05) is 45.4 Å². The lowest BCUT2D eigenvalue weighted by molar-refractivity contribution is -0.112. The summed E-state index contributed by atoms with van der Waals surface area (Å²) in [6, 6.07) is 1.18. The van der Waals surface area contributed by atoms with Crippen LogP contribution in [0, 0.1) is 0 Å². The van der Waals surface area contributed by atoms with E-state index in [0.29, 0.717) is 0 Å². The van der Waals surface area contributed by atoms with Gasteiger partial charge >= 0.3 is 0 Å². The Morgan fingerprint density at radius 1 is 1.06 bits per heavy atom. The van der Waals surface area contributed by atoms with Gasteiger partial charge < -0.3 is 4.43 Å². The Morgan fingerprint density at radius 2 is 1.61 bits per heavy atom. The molecule has 0 aliphatic heterocycles. The highest BCUT2D eigenvalue weighted by Gasteiger charge is 2.23. The maximum atomic E-state index is 11.0. The second-order valence-electron chi connectivity index (χ2n) is 5.75. The lowest BCUT2D eigenvalue weighted by Gasteiger charge is -2.24. The Labute approximate surface area is 114 Å². The molecule has 0 radical (unpaired) electrons. The first-order valence-corrected chi connectivity index (χ1v) is 10.4. The van der Waals surface area contributed by atoms with Crippen LogP contribution in [0.4, 0.5) is 0 Å². The van der Waals surface area contributed by atoms with Crippen molar-refractivity contribution in [2.45, 2.75) is 78.4 Å². The van der Waals surface area contributed by atoms with E-state index in [9.17, 15) is 4.79 Å². The van der Waals surface area contributed by atoms with Gasteiger partial charge in [0.05, 0.1) is 5.76 Å². The van der Waals surface area contributed by atoms with Gasteiger partial charge in [-0.25, -0.2) is 0 Å². The summed E-state index contributed by atoms with van der Waals surface area (Å²) < 4.78 is 5.96. The molecule has 106 valence electrons. The summed E-state index contributed by atoms with van der Waals surface area (Å²) in [5.74, 6) is 0.849. The summed E-state index contributed by atoms with van der Waals surface area (Å²) in [7, 11) is -1.62. The first-order valence-electron chi connectivity index (χ1n) is 7.25. The van der Waals surface area contributed by atoms with E-state index in [-0.39, 0.29) is 5.78 Å². The SMILES string of the molecule is CCCCCCCC[Si](C)(C)O/C(C)=C\C(C)=O. The Bertz CT molecular complexity index is 270. The first-order chi connectivity index (χ1) is 8.37. The zero-order valence-corrected chi connectivity index (χ0v) is 13.8. The van der Waals surface area contributed by atoms with Gasteiger partial charge in [0.1, 0.15) is 0 Å². The number of hydrogen-bond donors (Lipinski definition) is 0. The second kappa shape index (κ2) is 9.37. The number of carbonyl (C=O) groups excluding carboxylic acids is 1. The van der Waals surface area contributed by atoms with E-state index < -0.39 is 8.32 Å². The predicted molar refractivity (Wildman–Crippen MR) is 81.2 cm³/mol. The van der Waals surface area contributed by atoms with E-state index in [4.69, 9.17) is 4.43 Å². The Morgan fingerprint density at radius 3 is 2.17 bits per heavy atom. The van der Waals surface area contributed by atoms with E-state index in [1.165, 1.54) is 44.6 Å². The molecule has 0 unspecified atom stereocenters. The molecule has 2 nitrogen and oxygen atoms in total. The van der Waals surface area contributed by atoms with Crippen molar-refractivity contribution in [1.29, 1.82) is 0 Å². The molecule has 0 aromatic rings. The van der Waals surface area contributed by atoms with E-state index in [1.54, 1.807) is 13.0 Å². The predicted octanol–water partition coefficient (Wildman–Crippen LogP) is 5.06. The molecule has 0 bridgehead atoms. The first kappa shape index (κ1) is 17.4. The lowest BCUT2D eigenvalue weighted by atomic mass is 10.1. The van der Waals surface area contributed by atoms with Gasteiger partial charge in [-0.2, -0.15) is 0 Å². The van der Waals surface area contributed by atoms with Crippen molar-refractivity contribution in [1.82, 2.24) is 0 Å². The Kier molecular flexibility index (Phi) is 9.07. The molecule has 0 aromatic carbocycles. The number of ketones is 1. The van der Waals surface area contributed by atoms with Gasteiger partial charge in [-0.15, -0.1) is 0 Å². The van der Waals surface area contributed by atoms with Crippen LogP contribution in [0.3, 0.4) is 0 Å². The molecular formula is C15H30O2Si. The summed E-state index contributed by atoms with van der Waals surface area (Å²) in [5, 5.41) is 0. The summed E-state index contributed by atoms with van der Waals surface area (Å²) >= 11 is 0. The minimum absolute atomic E-state index is 0.0665. The summed E-state index contributed by atoms with van der Waals surface area (Å²) in [6.45, 7) is 10.2. The van der Waals surface area contributed by atoms with Crippen LogP contribution in [-0.2, 0) is 9.22 Å². The number of allylic oxidation sites excluding steroid dienone is 2. The molecule has 0 N–H and O–H groups in total. The normalized spacial score (nSPS) is 12.6. The zero-order valence-electron chi connectivity index (χ0n) is 12.8. The summed E-state index contributed by atoms with van der Waals surface area (Å²) in [4.78, 5) is 11.0. The molecule has 0 amide bonds. The van der Waals surface area contributed by atoms with Crippen LogP contribution in [0.15, 0.2) is 11.8 Å². The molecule has 0 saturated carbocycles. The van der Waals surface area contributed by atoms with Crippen molar-refractivity contribution in [2.75, 3.05) is 0 Å². The van der Waals surface area contributed by atoms with Gasteiger partial charge in [-0.05, 0) is 33.0 Å². The third-order valence-electron chi connectivity index (χ3n) is 2.98. The highest BCUT2D eigenvalue weighted by molar-refractivity contribution is 6.71. The molecule has 0 spiro atoms. The number of unbranched alkanes of at least 4 members (excludes halogenated alkanes) is 5. The molecule has 0 atom stereocenters. The van der Waals surface area contributed by atoms with E-state index in [2.05, 4.69) is 20.0 Å². The maximum absolute atomic E-state index is 11.0. The largest absolute Gasteiger partial charge is 0.547 e. The van der Waals surface area contributed by atoms with Crippen molar-refractivity contribution in [3.63, 3.8) is 0 Å². The van der Waals surface area contributed by atoms with E-state index in [1.807, 2.05) is 6.92 Å². The minimum Gasteiger partial charge on any atom is -0.547 e. The minimum atomic E-state index is -1.62. The fraction of sp³-hybridized carbons (Fsp3) is 0.800. The van der Waals surface area contributed by atoms with Gasteiger partial charge in [0.2, 0.25) is 8.32 Å². The van der Waals surface area contributed by atoms with Crippen molar-refractivity contribution in [3.8, 4) is 0 Å². The van der Waals surface area contributed by atoms with Gasteiger partial charge in [-0.3, -0.25) is 4.79 Å². The van der Waals surface area contributed by atoms with Gasteiger partial charge in [0.15, 0.2) is 5.78 Å².